The summed E-state index contributed by atoms with van der Waals surface area (Å²) in [5, 5.41) is 18.9. The third-order valence-corrected chi connectivity index (χ3v) is 11.5. The van der Waals surface area contributed by atoms with Crippen LogP contribution in [0.15, 0.2) is 65.9 Å². The highest BCUT2D eigenvalue weighted by molar-refractivity contribution is 5.99. The molecule has 1 fully saturated rings. The first-order valence-corrected chi connectivity index (χ1v) is 22.7. The normalized spacial score (nSPS) is 21.7. The Morgan fingerprint density at radius 1 is 0.523 bits per heavy atom. The van der Waals surface area contributed by atoms with Crippen LogP contribution >= 0.6 is 0 Å². The molecule has 0 saturated carbocycles. The monoisotopic (exact) mass is 898 g/mol. The molecule has 65 heavy (non-hydrogen) atoms. The van der Waals surface area contributed by atoms with Crippen molar-refractivity contribution in [3.8, 4) is 0 Å². The van der Waals surface area contributed by atoms with Crippen LogP contribution < -0.4 is 54.8 Å². The molecule has 1 aliphatic rings. The van der Waals surface area contributed by atoms with Gasteiger partial charge in [-0.15, -0.1) is 0 Å². The standard InChI is InChI=1S/C46H67N13O6/c1-27(2)22-37-43(63)59-38(23-28-25-52-32-14-5-3-12-30(28)32)44(64)56-35(17-8-10-20-48)41(61)54-34(16-7-9-19-47)40(60)55-36(18-11-21-51-46(49)50)42(62)58-39(45(65)57-37)24-29-26-53-33-15-6-4-13-31(29)33/h3-6,12-15,25-27,34-39,52-53H,7-11,16-24,47-48H2,1-2H3,(H,54,61)(H,55,60)(H,56,64)(H,57,65)(H,58,62)(H,59,63)(H4,49,50,51)/t34-,35-,36-,37-,38-,39-/m0/s1. The summed E-state index contributed by atoms with van der Waals surface area (Å²) in [6, 6.07) is 8.00. The number of nitrogens with zero attached hydrogens (tertiary/aromatic N) is 1. The Hall–Kier alpha value is -6.47. The van der Waals surface area contributed by atoms with Crippen LogP contribution in [0.25, 0.3) is 21.8 Å². The number of amides is 6. The van der Waals surface area contributed by atoms with E-state index in [0.29, 0.717) is 38.8 Å². The highest BCUT2D eigenvalue weighted by Crippen LogP contribution is 2.22. The Morgan fingerprint density at radius 2 is 0.892 bits per heavy atom. The molecule has 6 atom stereocenters. The van der Waals surface area contributed by atoms with E-state index >= 15 is 0 Å². The van der Waals surface area contributed by atoms with Gasteiger partial charge >= 0.3 is 0 Å². The van der Waals surface area contributed by atoms with E-state index in [1.807, 2.05) is 62.4 Å². The number of para-hydroxylation sites is 2. The third-order valence-electron chi connectivity index (χ3n) is 11.5. The summed E-state index contributed by atoms with van der Waals surface area (Å²) in [4.78, 5) is 97.2. The number of fused-ring (bicyclic) bond motifs is 2. The Labute approximate surface area is 379 Å². The highest BCUT2D eigenvalue weighted by Gasteiger charge is 2.36. The fraction of sp³-hybridized carbons (Fsp3) is 0.500. The summed E-state index contributed by atoms with van der Waals surface area (Å²) in [6.45, 7) is 4.64. The van der Waals surface area contributed by atoms with Crippen molar-refractivity contribution in [1.29, 1.82) is 0 Å². The minimum atomic E-state index is -1.24. The Morgan fingerprint density at radius 3 is 1.31 bits per heavy atom. The first-order valence-electron chi connectivity index (χ1n) is 22.7. The molecule has 19 heteroatoms. The highest BCUT2D eigenvalue weighted by atomic mass is 16.2. The zero-order chi connectivity index (χ0) is 46.9. The fourth-order valence-electron chi connectivity index (χ4n) is 8.09. The molecule has 0 bridgehead atoms. The molecule has 2 aromatic heterocycles. The van der Waals surface area contributed by atoms with Gasteiger partial charge in [-0.05, 0) is 100 Å². The van der Waals surface area contributed by atoms with Gasteiger partial charge in [0.2, 0.25) is 35.4 Å². The zero-order valence-corrected chi connectivity index (χ0v) is 37.4. The number of aliphatic imine (C=N–C) groups is 1. The zero-order valence-electron chi connectivity index (χ0n) is 37.4. The number of unbranched alkanes of at least 4 members (excludes halogenated alkanes) is 2. The van der Waals surface area contributed by atoms with E-state index in [0.717, 1.165) is 32.9 Å². The molecular formula is C46H67N13O6. The largest absolute Gasteiger partial charge is 0.370 e. The molecule has 0 radical (unpaired) electrons. The average molecular weight is 898 g/mol. The van der Waals surface area contributed by atoms with E-state index in [-0.39, 0.29) is 63.4 Å². The van der Waals surface area contributed by atoms with E-state index in [9.17, 15) is 28.8 Å². The molecule has 6 amide bonds. The molecule has 3 heterocycles. The van der Waals surface area contributed by atoms with Gasteiger partial charge in [-0.3, -0.25) is 33.8 Å². The summed E-state index contributed by atoms with van der Waals surface area (Å²) < 4.78 is 0. The van der Waals surface area contributed by atoms with Crippen LogP contribution in [0.4, 0.5) is 0 Å². The Kier molecular flexibility index (Phi) is 18.7. The van der Waals surface area contributed by atoms with E-state index in [1.165, 1.54) is 0 Å². The number of guanidine groups is 1. The molecule has 0 unspecified atom stereocenters. The molecule has 16 N–H and O–H groups in total. The number of hydrogen-bond donors (Lipinski definition) is 12. The predicted molar refractivity (Wildman–Crippen MR) is 251 cm³/mol. The van der Waals surface area contributed by atoms with Gasteiger partial charge in [0.25, 0.3) is 0 Å². The van der Waals surface area contributed by atoms with Crippen LogP contribution in [0.2, 0.25) is 0 Å². The number of H-pyrrole nitrogens is 2. The topological polar surface area (TPSA) is 323 Å². The third kappa shape index (κ3) is 14.5. The SMILES string of the molecule is CC(C)C[C@@H]1NC(=O)[C@H](Cc2c[nH]c3ccccc23)NC(=O)[C@H](CCCN=C(N)N)NC(=O)[C@H](CCCCN)NC(=O)[C@H](CCCCN)NC(=O)[C@H](Cc2c[nH]c3ccccc23)NC1=O. The summed E-state index contributed by atoms with van der Waals surface area (Å²) in [6.07, 6.45) is 6.49. The van der Waals surface area contributed by atoms with Gasteiger partial charge in [-0.25, -0.2) is 0 Å². The number of aromatic amines is 2. The van der Waals surface area contributed by atoms with Crippen LogP contribution in [-0.2, 0) is 41.6 Å². The summed E-state index contributed by atoms with van der Waals surface area (Å²) in [5.74, 6) is -4.10. The maximum Gasteiger partial charge on any atom is 0.243 e. The second kappa shape index (κ2) is 24.6. The number of nitrogens with two attached hydrogens (primary N) is 4. The molecule has 2 aromatic carbocycles. The quantitative estimate of drug-likeness (QED) is 0.0377. The Balaban J connectivity index is 1.58. The second-order valence-electron chi connectivity index (χ2n) is 17.1. The van der Waals surface area contributed by atoms with E-state index in [2.05, 4.69) is 46.9 Å². The van der Waals surface area contributed by atoms with Gasteiger partial charge in [0.15, 0.2) is 5.96 Å². The van der Waals surface area contributed by atoms with Gasteiger partial charge in [-0.2, -0.15) is 0 Å². The average Bonchev–Trinajstić information content (AvgIpc) is 3.89. The molecule has 19 nitrogen and oxygen atoms in total. The van der Waals surface area contributed by atoms with Crippen LogP contribution in [0.1, 0.15) is 82.8 Å². The number of aromatic nitrogens is 2. The number of carbonyl (C=O) groups excluding carboxylic acids is 6. The van der Waals surface area contributed by atoms with E-state index in [1.54, 1.807) is 12.4 Å². The lowest BCUT2D eigenvalue weighted by Crippen LogP contribution is -2.62. The number of benzene rings is 2. The number of hydrogen-bond acceptors (Lipinski definition) is 9. The van der Waals surface area contributed by atoms with Gasteiger partial charge in [0, 0.05) is 53.6 Å². The first kappa shape index (κ1) is 49.5. The van der Waals surface area contributed by atoms with E-state index < -0.39 is 71.7 Å². The fourth-order valence-corrected chi connectivity index (χ4v) is 8.09. The lowest BCUT2D eigenvalue weighted by molar-refractivity contribution is -0.137. The Bertz CT molecular complexity index is 2270. The van der Waals surface area contributed by atoms with Crippen molar-refractivity contribution >= 4 is 63.2 Å². The van der Waals surface area contributed by atoms with Crippen LogP contribution in [-0.4, -0.2) is 107 Å². The molecule has 0 spiro atoms. The summed E-state index contributed by atoms with van der Waals surface area (Å²) in [7, 11) is 0. The van der Waals surface area contributed by atoms with Crippen molar-refractivity contribution in [3.63, 3.8) is 0 Å². The molecule has 0 aliphatic carbocycles. The maximum absolute atomic E-state index is 14.6. The number of nitrogens with one attached hydrogen (secondary N) is 8. The first-order chi connectivity index (χ1) is 31.3. The van der Waals surface area contributed by atoms with Gasteiger partial charge in [0.1, 0.15) is 36.3 Å². The second-order valence-corrected chi connectivity index (χ2v) is 17.1. The molecule has 1 saturated heterocycles. The molecular weight excluding hydrogens is 831 g/mol. The van der Waals surface area contributed by atoms with Crippen molar-refractivity contribution < 1.29 is 28.8 Å². The maximum atomic E-state index is 14.6. The lowest BCUT2D eigenvalue weighted by Gasteiger charge is -2.29. The van der Waals surface area contributed by atoms with Gasteiger partial charge in [-0.1, -0.05) is 50.2 Å². The smallest absolute Gasteiger partial charge is 0.243 e. The molecule has 4 aromatic rings. The molecule has 5 rings (SSSR count). The predicted octanol–water partition coefficient (Wildman–Crippen LogP) is 0.714. The lowest BCUT2D eigenvalue weighted by atomic mass is 9.98. The van der Waals surface area contributed by atoms with Crippen molar-refractivity contribution in [3.05, 3.63) is 72.1 Å². The number of carbonyl (C=O) groups is 6. The minimum Gasteiger partial charge on any atom is -0.370 e. The van der Waals surface area contributed by atoms with Crippen molar-refractivity contribution in [2.24, 2.45) is 33.8 Å². The van der Waals surface area contributed by atoms with Gasteiger partial charge in [0.05, 0.1) is 0 Å². The summed E-state index contributed by atoms with van der Waals surface area (Å²) in [5.41, 5.74) is 25.9. The summed E-state index contributed by atoms with van der Waals surface area (Å²) >= 11 is 0. The van der Waals surface area contributed by atoms with Crippen molar-refractivity contribution in [1.82, 2.24) is 41.9 Å². The number of rotatable bonds is 18. The van der Waals surface area contributed by atoms with Crippen LogP contribution in [0.3, 0.4) is 0 Å². The molecule has 1 aliphatic heterocycles. The van der Waals surface area contributed by atoms with Crippen LogP contribution in [0, 0.1) is 5.92 Å². The van der Waals surface area contributed by atoms with E-state index in [4.69, 9.17) is 22.9 Å². The van der Waals surface area contributed by atoms with Crippen LogP contribution in [0.5, 0.6) is 0 Å². The van der Waals surface area contributed by atoms with Crippen molar-refractivity contribution in [2.75, 3.05) is 19.6 Å². The molecule has 352 valence electrons. The minimum absolute atomic E-state index is 0.0151. The van der Waals surface area contributed by atoms with Gasteiger partial charge < -0.3 is 64.8 Å². The van der Waals surface area contributed by atoms with Crippen molar-refractivity contribution in [2.45, 2.75) is 121 Å².